The molecule has 1 saturated heterocycles. The maximum Gasteiger partial charge on any atom is 0.259 e. The lowest BCUT2D eigenvalue weighted by Crippen LogP contribution is -2.22. The lowest BCUT2D eigenvalue weighted by atomic mass is 10.1. The van der Waals surface area contributed by atoms with E-state index in [4.69, 9.17) is 16.3 Å². The minimum absolute atomic E-state index is 0.303. The summed E-state index contributed by atoms with van der Waals surface area (Å²) in [5, 5.41) is 3.37. The van der Waals surface area contributed by atoms with E-state index in [0.29, 0.717) is 22.0 Å². The van der Waals surface area contributed by atoms with Crippen LogP contribution in [0.4, 0.5) is 11.6 Å². The van der Waals surface area contributed by atoms with Gasteiger partial charge in [0.25, 0.3) is 5.91 Å². The standard InChI is InChI=1S/C18H21ClN4O2/c1-11-16(12(2)21-18(20-11)23-8-4-5-9-23)22-17(24)14-10-13(19)6-7-15(14)25-3/h6-7,10H,4-5,8-9H2,1-3H3,(H,22,24). The number of methoxy groups -OCH3 is 1. The second-order valence-electron chi connectivity index (χ2n) is 6.06. The van der Waals surface area contributed by atoms with Gasteiger partial charge in [-0.2, -0.15) is 0 Å². The van der Waals surface area contributed by atoms with Crippen molar-refractivity contribution >= 4 is 29.1 Å². The molecule has 25 heavy (non-hydrogen) atoms. The molecule has 132 valence electrons. The van der Waals surface area contributed by atoms with Gasteiger partial charge in [-0.15, -0.1) is 0 Å². The predicted octanol–water partition coefficient (Wildman–Crippen LogP) is 3.61. The van der Waals surface area contributed by atoms with E-state index in [1.807, 2.05) is 13.8 Å². The highest BCUT2D eigenvalue weighted by Crippen LogP contribution is 2.26. The zero-order chi connectivity index (χ0) is 18.0. The van der Waals surface area contributed by atoms with Crippen molar-refractivity contribution in [1.82, 2.24) is 9.97 Å². The molecule has 0 bridgehead atoms. The number of ether oxygens (including phenoxy) is 1. The monoisotopic (exact) mass is 360 g/mol. The van der Waals surface area contributed by atoms with E-state index < -0.39 is 0 Å². The predicted molar refractivity (Wildman–Crippen MR) is 98.9 cm³/mol. The van der Waals surface area contributed by atoms with Crippen LogP contribution in [-0.2, 0) is 0 Å². The van der Waals surface area contributed by atoms with Crippen molar-refractivity contribution < 1.29 is 9.53 Å². The van der Waals surface area contributed by atoms with Gasteiger partial charge >= 0.3 is 0 Å². The number of aryl methyl sites for hydroxylation is 2. The Morgan fingerprint density at radius 2 is 1.84 bits per heavy atom. The van der Waals surface area contributed by atoms with Gasteiger partial charge in [0, 0.05) is 18.1 Å². The Labute approximate surface area is 152 Å². The minimum atomic E-state index is -0.303. The molecule has 1 fully saturated rings. The zero-order valence-electron chi connectivity index (χ0n) is 14.6. The van der Waals surface area contributed by atoms with Crippen LogP contribution in [0.2, 0.25) is 5.02 Å². The Morgan fingerprint density at radius 3 is 2.44 bits per heavy atom. The maximum atomic E-state index is 12.7. The van der Waals surface area contributed by atoms with E-state index in [0.717, 1.165) is 43.3 Å². The number of carbonyl (C=O) groups excluding carboxylic acids is 1. The first-order chi connectivity index (χ1) is 12.0. The van der Waals surface area contributed by atoms with Crippen molar-refractivity contribution in [3.8, 4) is 5.75 Å². The van der Waals surface area contributed by atoms with Crippen molar-refractivity contribution in [2.24, 2.45) is 0 Å². The van der Waals surface area contributed by atoms with Crippen molar-refractivity contribution in [3.05, 3.63) is 40.2 Å². The summed E-state index contributed by atoms with van der Waals surface area (Å²) in [5.41, 5.74) is 2.47. The normalized spacial score (nSPS) is 13.8. The van der Waals surface area contributed by atoms with Gasteiger partial charge < -0.3 is 15.0 Å². The summed E-state index contributed by atoms with van der Waals surface area (Å²) < 4.78 is 5.25. The molecule has 0 aliphatic carbocycles. The van der Waals surface area contributed by atoms with Crippen LogP contribution >= 0.6 is 11.6 Å². The average Bonchev–Trinajstić information content (AvgIpc) is 3.12. The first-order valence-electron chi connectivity index (χ1n) is 8.24. The molecule has 1 aliphatic heterocycles. The Kier molecular flexibility index (Phi) is 5.08. The van der Waals surface area contributed by atoms with Gasteiger partial charge in [-0.05, 0) is 44.9 Å². The van der Waals surface area contributed by atoms with Crippen molar-refractivity contribution in [3.63, 3.8) is 0 Å². The second-order valence-corrected chi connectivity index (χ2v) is 6.50. The molecule has 1 aromatic heterocycles. The number of carbonyl (C=O) groups is 1. The number of hydrogen-bond donors (Lipinski definition) is 1. The lowest BCUT2D eigenvalue weighted by molar-refractivity contribution is 0.102. The third-order valence-corrected chi connectivity index (χ3v) is 4.53. The smallest absolute Gasteiger partial charge is 0.259 e. The Balaban J connectivity index is 1.87. The van der Waals surface area contributed by atoms with Gasteiger partial charge in [0.05, 0.1) is 29.7 Å². The number of rotatable bonds is 4. The first-order valence-corrected chi connectivity index (χ1v) is 8.62. The molecule has 1 aromatic carbocycles. The average molecular weight is 361 g/mol. The van der Waals surface area contributed by atoms with E-state index in [-0.39, 0.29) is 5.91 Å². The quantitative estimate of drug-likeness (QED) is 0.902. The summed E-state index contributed by atoms with van der Waals surface area (Å²) in [6.45, 7) is 5.70. The summed E-state index contributed by atoms with van der Waals surface area (Å²) in [7, 11) is 1.52. The molecule has 0 saturated carbocycles. The van der Waals surface area contributed by atoms with Crippen LogP contribution in [0.15, 0.2) is 18.2 Å². The molecular weight excluding hydrogens is 340 g/mol. The number of aromatic nitrogens is 2. The minimum Gasteiger partial charge on any atom is -0.496 e. The van der Waals surface area contributed by atoms with Gasteiger partial charge in [0.2, 0.25) is 5.95 Å². The SMILES string of the molecule is COc1ccc(Cl)cc1C(=O)Nc1c(C)nc(N2CCCC2)nc1C. The Morgan fingerprint density at radius 1 is 1.20 bits per heavy atom. The first kappa shape index (κ1) is 17.5. The topological polar surface area (TPSA) is 67.3 Å². The van der Waals surface area contributed by atoms with Crippen LogP contribution in [0, 0.1) is 13.8 Å². The zero-order valence-corrected chi connectivity index (χ0v) is 15.4. The van der Waals surface area contributed by atoms with Crippen LogP contribution < -0.4 is 15.0 Å². The number of nitrogens with one attached hydrogen (secondary N) is 1. The molecule has 0 atom stereocenters. The fraction of sp³-hybridized carbons (Fsp3) is 0.389. The van der Waals surface area contributed by atoms with Gasteiger partial charge in [-0.25, -0.2) is 9.97 Å². The Hall–Kier alpha value is -2.34. The summed E-state index contributed by atoms with van der Waals surface area (Å²) in [5.74, 6) is 0.890. The number of amides is 1. The van der Waals surface area contributed by atoms with Crippen LogP contribution in [0.5, 0.6) is 5.75 Å². The molecule has 1 N–H and O–H groups in total. The van der Waals surface area contributed by atoms with Crippen LogP contribution in [0.25, 0.3) is 0 Å². The van der Waals surface area contributed by atoms with E-state index >= 15 is 0 Å². The highest BCUT2D eigenvalue weighted by molar-refractivity contribution is 6.31. The second kappa shape index (κ2) is 7.27. The number of nitrogens with zero attached hydrogens (tertiary/aromatic N) is 3. The fourth-order valence-corrected chi connectivity index (χ4v) is 3.15. The van der Waals surface area contributed by atoms with E-state index in [1.165, 1.54) is 7.11 Å². The fourth-order valence-electron chi connectivity index (χ4n) is 2.98. The van der Waals surface area contributed by atoms with E-state index in [1.54, 1.807) is 18.2 Å². The third-order valence-electron chi connectivity index (χ3n) is 4.29. The molecular formula is C18H21ClN4O2. The number of anilines is 2. The maximum absolute atomic E-state index is 12.7. The van der Waals surface area contributed by atoms with Gasteiger partial charge in [-0.3, -0.25) is 4.79 Å². The molecule has 0 spiro atoms. The Bertz CT molecular complexity index is 781. The molecule has 3 rings (SSSR count). The van der Waals surface area contributed by atoms with Crippen LogP contribution in [-0.4, -0.2) is 36.1 Å². The molecule has 6 nitrogen and oxygen atoms in total. The number of halogens is 1. The van der Waals surface area contributed by atoms with Gasteiger partial charge in [-0.1, -0.05) is 11.6 Å². The molecule has 0 unspecified atom stereocenters. The van der Waals surface area contributed by atoms with Gasteiger partial charge in [0.1, 0.15) is 5.75 Å². The van der Waals surface area contributed by atoms with Crippen molar-refractivity contribution in [2.75, 3.05) is 30.4 Å². The summed E-state index contributed by atoms with van der Waals surface area (Å²) >= 11 is 6.01. The van der Waals surface area contributed by atoms with Crippen LogP contribution in [0.3, 0.4) is 0 Å². The van der Waals surface area contributed by atoms with Crippen molar-refractivity contribution in [2.45, 2.75) is 26.7 Å². The molecule has 2 heterocycles. The lowest BCUT2D eigenvalue weighted by Gasteiger charge is -2.18. The molecule has 2 aromatic rings. The number of benzene rings is 1. The highest BCUT2D eigenvalue weighted by Gasteiger charge is 2.20. The highest BCUT2D eigenvalue weighted by atomic mass is 35.5. The van der Waals surface area contributed by atoms with Crippen LogP contribution in [0.1, 0.15) is 34.6 Å². The van der Waals surface area contributed by atoms with Gasteiger partial charge in [0.15, 0.2) is 0 Å². The summed E-state index contributed by atoms with van der Waals surface area (Å²) in [4.78, 5) is 24.0. The molecule has 0 radical (unpaired) electrons. The molecule has 1 amide bonds. The van der Waals surface area contributed by atoms with E-state index in [2.05, 4.69) is 20.2 Å². The molecule has 7 heteroatoms. The number of hydrogen-bond acceptors (Lipinski definition) is 5. The third kappa shape index (κ3) is 3.69. The molecule has 1 aliphatic rings. The van der Waals surface area contributed by atoms with Crippen molar-refractivity contribution in [1.29, 1.82) is 0 Å². The summed E-state index contributed by atoms with van der Waals surface area (Å²) in [6, 6.07) is 4.94. The largest absolute Gasteiger partial charge is 0.496 e. The summed E-state index contributed by atoms with van der Waals surface area (Å²) in [6.07, 6.45) is 2.32. The van der Waals surface area contributed by atoms with E-state index in [9.17, 15) is 4.79 Å².